The van der Waals surface area contributed by atoms with Gasteiger partial charge in [0.1, 0.15) is 0 Å². The number of carbonyl (C=O) groups excluding carboxylic acids is 1. The summed E-state index contributed by atoms with van der Waals surface area (Å²) < 4.78 is 56.6. The number of anilines is 4. The Labute approximate surface area is 236 Å². The van der Waals surface area contributed by atoms with Crippen molar-refractivity contribution in [3.8, 4) is 0 Å². The molecule has 0 bridgehead atoms. The van der Waals surface area contributed by atoms with Crippen LogP contribution in [-0.2, 0) is 10.0 Å². The van der Waals surface area contributed by atoms with Gasteiger partial charge in [-0.3, -0.25) is 9.52 Å². The molecular weight excluding hydrogens is 554 g/mol. The molecule has 2 aliphatic carbocycles. The van der Waals surface area contributed by atoms with E-state index in [1.54, 1.807) is 47.3 Å². The first-order chi connectivity index (χ1) is 19.6. The van der Waals surface area contributed by atoms with Gasteiger partial charge in [-0.2, -0.15) is 0 Å². The zero-order chi connectivity index (χ0) is 28.6. The third-order valence-electron chi connectivity index (χ3n) is 9.26. The number of aliphatic hydroxyl groups is 1. The number of fused-ring (bicyclic) bond motifs is 2. The Hall–Kier alpha value is -3.45. The highest BCUT2D eigenvalue weighted by Gasteiger charge is 2.71. The molecule has 1 amide bonds. The van der Waals surface area contributed by atoms with E-state index in [1.807, 2.05) is 4.90 Å². The number of nitrogens with one attached hydrogen (secondary N) is 2. The minimum atomic E-state index is -3.74. The Morgan fingerprint density at radius 1 is 1.02 bits per heavy atom. The standard InChI is InChI=1S/C28H32F2N6O4S/c29-28(30)21-16-36(17-22(21)28)24-14-19(15-35-10-7-31-25(24)35)32-26(38)20-2-1-18(33-41(39,40)12-11-37)13-23(20)34-8-5-27(3-4-27)6-9-34/h1-2,7,10,13-15,21-22,33,37H,3-6,8-9,11-12,16-17H2,(H,32,38). The molecule has 7 rings (SSSR count). The molecule has 2 unspecified atom stereocenters. The zero-order valence-corrected chi connectivity index (χ0v) is 23.2. The molecule has 3 N–H and O–H groups in total. The summed E-state index contributed by atoms with van der Waals surface area (Å²) in [6, 6.07) is 6.60. The number of aromatic nitrogens is 2. The number of aliphatic hydroxyl groups excluding tert-OH is 1. The van der Waals surface area contributed by atoms with Crippen molar-refractivity contribution in [3.05, 3.63) is 48.4 Å². The van der Waals surface area contributed by atoms with Crippen molar-refractivity contribution in [1.29, 1.82) is 0 Å². The molecule has 10 nitrogen and oxygen atoms in total. The largest absolute Gasteiger partial charge is 0.395 e. The van der Waals surface area contributed by atoms with E-state index in [9.17, 15) is 22.0 Å². The molecule has 0 radical (unpaired) electrons. The Bertz CT molecular complexity index is 1620. The van der Waals surface area contributed by atoms with Crippen molar-refractivity contribution >= 4 is 44.3 Å². The maximum absolute atomic E-state index is 13.9. The third kappa shape index (κ3) is 4.78. The number of carbonyl (C=O) groups is 1. The second-order valence-corrected chi connectivity index (χ2v) is 13.7. The van der Waals surface area contributed by atoms with Gasteiger partial charge in [0.2, 0.25) is 10.0 Å². The smallest absolute Gasteiger partial charge is 0.258 e. The van der Waals surface area contributed by atoms with Gasteiger partial charge in [0.25, 0.3) is 11.8 Å². The molecule has 1 spiro atoms. The Kier molecular flexibility index (Phi) is 5.99. The van der Waals surface area contributed by atoms with Gasteiger partial charge in [-0.1, -0.05) is 0 Å². The molecule has 2 aliphatic heterocycles. The van der Waals surface area contributed by atoms with Crippen LogP contribution < -0.4 is 19.8 Å². The first kappa shape index (κ1) is 26.4. The fourth-order valence-electron chi connectivity index (χ4n) is 6.52. The number of sulfonamides is 1. The van der Waals surface area contributed by atoms with Crippen molar-refractivity contribution in [3.63, 3.8) is 0 Å². The molecule has 2 atom stereocenters. The molecule has 13 heteroatoms. The van der Waals surface area contributed by atoms with Gasteiger partial charge in [-0.05, 0) is 55.4 Å². The number of rotatable bonds is 8. The number of piperidine rings is 2. The summed E-state index contributed by atoms with van der Waals surface area (Å²) in [5, 5.41) is 12.1. The SMILES string of the molecule is O=C(Nc1cc(N2CC3C(C2)C3(F)F)c2nccn2c1)c1ccc(NS(=O)(=O)CCO)cc1N1CCC2(CC1)CC2. The van der Waals surface area contributed by atoms with Crippen LogP contribution >= 0.6 is 0 Å². The number of hydrogen-bond acceptors (Lipinski definition) is 7. The highest BCUT2D eigenvalue weighted by molar-refractivity contribution is 7.92. The zero-order valence-electron chi connectivity index (χ0n) is 22.4. The van der Waals surface area contributed by atoms with Gasteiger partial charge in [-0.25, -0.2) is 22.2 Å². The van der Waals surface area contributed by atoms with Crippen LogP contribution in [-0.4, -0.2) is 73.3 Å². The monoisotopic (exact) mass is 586 g/mol. The van der Waals surface area contributed by atoms with E-state index >= 15 is 0 Å². The number of nitrogens with zero attached hydrogens (tertiary/aromatic N) is 4. The van der Waals surface area contributed by atoms with Crippen LogP contribution in [0.25, 0.3) is 5.65 Å². The molecule has 2 saturated carbocycles. The van der Waals surface area contributed by atoms with Gasteiger partial charge in [0, 0.05) is 44.8 Å². The summed E-state index contributed by atoms with van der Waals surface area (Å²) >= 11 is 0. The molecule has 41 heavy (non-hydrogen) atoms. The van der Waals surface area contributed by atoms with Gasteiger partial charge in [-0.15, -0.1) is 0 Å². The number of pyridine rings is 1. The number of imidazole rings is 1. The second-order valence-electron chi connectivity index (χ2n) is 11.9. The predicted molar refractivity (Wildman–Crippen MR) is 151 cm³/mol. The second kappa shape index (κ2) is 9.28. The highest BCUT2D eigenvalue weighted by Crippen LogP contribution is 2.60. The Morgan fingerprint density at radius 3 is 2.41 bits per heavy atom. The summed E-state index contributed by atoms with van der Waals surface area (Å²) in [7, 11) is -3.74. The lowest BCUT2D eigenvalue weighted by molar-refractivity contribution is 0.0797. The molecule has 3 aromatic rings. The van der Waals surface area contributed by atoms with E-state index in [0.29, 0.717) is 39.4 Å². The minimum absolute atomic E-state index is 0.242. The number of amides is 1. The summed E-state index contributed by atoms with van der Waals surface area (Å²) in [5.41, 5.74) is 3.59. The fourth-order valence-corrected chi connectivity index (χ4v) is 7.35. The molecule has 4 fully saturated rings. The lowest BCUT2D eigenvalue weighted by Gasteiger charge is -2.35. The molecule has 4 aliphatic rings. The van der Waals surface area contributed by atoms with Crippen LogP contribution in [0.2, 0.25) is 0 Å². The fraction of sp³-hybridized carbons (Fsp3) is 0.500. The van der Waals surface area contributed by atoms with Crippen LogP contribution in [0.15, 0.2) is 42.9 Å². The van der Waals surface area contributed by atoms with Crippen LogP contribution in [0.5, 0.6) is 0 Å². The lowest BCUT2D eigenvalue weighted by Crippen LogP contribution is -2.35. The van der Waals surface area contributed by atoms with E-state index in [4.69, 9.17) is 5.11 Å². The Morgan fingerprint density at radius 2 is 1.73 bits per heavy atom. The van der Waals surface area contributed by atoms with Gasteiger partial charge in [0.15, 0.2) is 5.65 Å². The van der Waals surface area contributed by atoms with E-state index < -0.39 is 40.1 Å². The van der Waals surface area contributed by atoms with E-state index in [0.717, 1.165) is 25.9 Å². The molecular formula is C28H32F2N6O4S. The summed E-state index contributed by atoms with van der Waals surface area (Å²) in [6.45, 7) is 1.51. The highest BCUT2D eigenvalue weighted by atomic mass is 32.2. The van der Waals surface area contributed by atoms with Crippen molar-refractivity contribution in [1.82, 2.24) is 9.38 Å². The third-order valence-corrected chi connectivity index (χ3v) is 10.5. The summed E-state index contributed by atoms with van der Waals surface area (Å²) in [5.74, 6) is -4.68. The van der Waals surface area contributed by atoms with Crippen molar-refractivity contribution in [2.45, 2.75) is 31.6 Å². The number of alkyl halides is 2. The Balaban J connectivity index is 1.17. The number of halogens is 2. The van der Waals surface area contributed by atoms with Gasteiger partial charge < -0.3 is 24.6 Å². The molecule has 4 heterocycles. The summed E-state index contributed by atoms with van der Waals surface area (Å²) in [6.07, 6.45) is 9.62. The van der Waals surface area contributed by atoms with Gasteiger partial charge >= 0.3 is 0 Å². The maximum atomic E-state index is 13.9. The average molecular weight is 587 g/mol. The van der Waals surface area contributed by atoms with Crippen molar-refractivity contribution in [2.24, 2.45) is 17.3 Å². The van der Waals surface area contributed by atoms with Crippen LogP contribution in [0, 0.1) is 17.3 Å². The minimum Gasteiger partial charge on any atom is -0.395 e. The average Bonchev–Trinajstić information content (AvgIpc) is 3.54. The molecule has 2 aromatic heterocycles. The maximum Gasteiger partial charge on any atom is 0.258 e. The molecule has 1 aromatic carbocycles. The number of hydrogen-bond donors (Lipinski definition) is 3. The van der Waals surface area contributed by atoms with Crippen molar-refractivity contribution in [2.75, 3.05) is 58.4 Å². The van der Waals surface area contributed by atoms with Gasteiger partial charge in [0.05, 0.1) is 52.5 Å². The quantitative estimate of drug-likeness (QED) is 0.370. The van der Waals surface area contributed by atoms with Crippen LogP contribution in [0.3, 0.4) is 0 Å². The normalized spacial score (nSPS) is 24.0. The molecule has 218 valence electrons. The van der Waals surface area contributed by atoms with E-state index in [1.165, 1.54) is 12.8 Å². The van der Waals surface area contributed by atoms with Crippen molar-refractivity contribution < 1.29 is 27.1 Å². The number of benzene rings is 1. The lowest BCUT2D eigenvalue weighted by atomic mass is 9.93. The van der Waals surface area contributed by atoms with E-state index in [2.05, 4.69) is 19.9 Å². The topological polar surface area (TPSA) is 119 Å². The van der Waals surface area contributed by atoms with Crippen LogP contribution in [0.4, 0.5) is 31.5 Å². The van der Waals surface area contributed by atoms with Crippen LogP contribution in [0.1, 0.15) is 36.0 Å². The molecule has 2 saturated heterocycles. The first-order valence-corrected chi connectivity index (χ1v) is 15.6. The van der Waals surface area contributed by atoms with E-state index in [-0.39, 0.29) is 19.0 Å². The first-order valence-electron chi connectivity index (χ1n) is 14.0. The predicted octanol–water partition coefficient (Wildman–Crippen LogP) is 3.40. The summed E-state index contributed by atoms with van der Waals surface area (Å²) in [4.78, 5) is 22.2.